The Morgan fingerprint density at radius 1 is 1.35 bits per heavy atom. The normalized spacial score (nSPS) is 11.0. The third-order valence-corrected chi connectivity index (χ3v) is 5.48. The molecule has 0 aliphatic heterocycles. The van der Waals surface area contributed by atoms with Gasteiger partial charge in [-0.05, 0) is 31.0 Å². The molecule has 26 heavy (non-hydrogen) atoms. The molecule has 0 unspecified atom stereocenters. The molecule has 2 heterocycles. The highest BCUT2D eigenvalue weighted by Gasteiger charge is 2.16. The summed E-state index contributed by atoms with van der Waals surface area (Å²) in [5.74, 6) is -1.06. The molecule has 2 N–H and O–H groups in total. The van der Waals surface area contributed by atoms with Gasteiger partial charge in [-0.15, -0.1) is 11.3 Å². The minimum atomic E-state index is -0.864. The number of carbonyl (C=O) groups excluding carboxylic acids is 1. The van der Waals surface area contributed by atoms with Gasteiger partial charge in [0.15, 0.2) is 0 Å². The van der Waals surface area contributed by atoms with Gasteiger partial charge in [0.25, 0.3) is 5.91 Å². The molecule has 1 amide bonds. The fraction of sp³-hybridized carbons (Fsp3) is 0.278. The maximum Gasteiger partial charge on any atom is 0.303 e. The summed E-state index contributed by atoms with van der Waals surface area (Å²) in [4.78, 5) is 24.3. The van der Waals surface area contributed by atoms with Crippen LogP contribution in [0.5, 0.6) is 0 Å². The Morgan fingerprint density at radius 2 is 2.12 bits per heavy atom. The molecule has 0 radical (unpaired) electrons. The smallest absolute Gasteiger partial charge is 0.303 e. The summed E-state index contributed by atoms with van der Waals surface area (Å²) in [6, 6.07) is 9.44. The van der Waals surface area contributed by atoms with Crippen LogP contribution in [0.1, 0.15) is 33.8 Å². The van der Waals surface area contributed by atoms with Crippen LogP contribution in [0.4, 0.5) is 0 Å². The molecule has 0 bridgehead atoms. The predicted molar refractivity (Wildman–Crippen MR) is 102 cm³/mol. The Kier molecular flexibility index (Phi) is 5.58. The zero-order valence-electron chi connectivity index (χ0n) is 14.2. The Labute approximate surface area is 159 Å². The summed E-state index contributed by atoms with van der Waals surface area (Å²) < 4.78 is 1.86. The number of hydrogen-bond donors (Lipinski definition) is 2. The van der Waals surface area contributed by atoms with Crippen molar-refractivity contribution in [1.82, 2.24) is 15.1 Å². The number of aliphatic carboxylic acids is 1. The highest BCUT2D eigenvalue weighted by atomic mass is 35.5. The number of carbonyl (C=O) groups is 2. The molecule has 0 atom stereocenters. The second-order valence-corrected chi connectivity index (χ2v) is 7.35. The summed E-state index contributed by atoms with van der Waals surface area (Å²) >= 11 is 7.61. The second kappa shape index (κ2) is 7.88. The van der Waals surface area contributed by atoms with Crippen molar-refractivity contribution >= 4 is 45.0 Å². The zero-order chi connectivity index (χ0) is 18.7. The first-order valence-corrected chi connectivity index (χ1v) is 9.35. The van der Waals surface area contributed by atoms with E-state index in [1.165, 1.54) is 11.3 Å². The average molecular weight is 392 g/mol. The highest BCUT2D eigenvalue weighted by molar-refractivity contribution is 7.20. The van der Waals surface area contributed by atoms with Gasteiger partial charge in [-0.2, -0.15) is 5.10 Å². The number of carboxylic acid groups (broad SMARTS) is 1. The van der Waals surface area contributed by atoms with Crippen LogP contribution < -0.4 is 5.32 Å². The van der Waals surface area contributed by atoms with E-state index in [-0.39, 0.29) is 12.3 Å². The van der Waals surface area contributed by atoms with Crippen LogP contribution in [0.15, 0.2) is 30.3 Å². The van der Waals surface area contributed by atoms with Gasteiger partial charge in [0.1, 0.15) is 4.83 Å². The minimum absolute atomic E-state index is 0.0403. The molecule has 2 aromatic heterocycles. The van der Waals surface area contributed by atoms with E-state index in [1.54, 1.807) is 0 Å². The van der Waals surface area contributed by atoms with Crippen molar-refractivity contribution in [2.24, 2.45) is 0 Å². The summed E-state index contributed by atoms with van der Waals surface area (Å²) in [7, 11) is 0. The van der Waals surface area contributed by atoms with E-state index in [0.717, 1.165) is 21.5 Å². The number of carboxylic acids is 1. The van der Waals surface area contributed by atoms with Gasteiger partial charge in [0.2, 0.25) is 0 Å². The number of rotatable bonds is 7. The summed E-state index contributed by atoms with van der Waals surface area (Å²) in [5.41, 5.74) is 1.82. The van der Waals surface area contributed by atoms with Crippen LogP contribution in [0, 0.1) is 6.92 Å². The van der Waals surface area contributed by atoms with Crippen LogP contribution in [0.3, 0.4) is 0 Å². The van der Waals surface area contributed by atoms with Gasteiger partial charge in [-0.3, -0.25) is 14.3 Å². The molecule has 3 rings (SSSR count). The Morgan fingerprint density at radius 3 is 2.85 bits per heavy atom. The van der Waals surface area contributed by atoms with Crippen molar-refractivity contribution in [1.29, 1.82) is 0 Å². The number of thiophene rings is 1. The van der Waals surface area contributed by atoms with Crippen LogP contribution in [-0.4, -0.2) is 33.3 Å². The second-order valence-electron chi connectivity index (χ2n) is 5.92. The van der Waals surface area contributed by atoms with E-state index in [2.05, 4.69) is 10.4 Å². The van der Waals surface area contributed by atoms with Gasteiger partial charge >= 0.3 is 5.97 Å². The summed E-state index contributed by atoms with van der Waals surface area (Å²) in [6.45, 7) is 2.78. The zero-order valence-corrected chi connectivity index (χ0v) is 15.7. The lowest BCUT2D eigenvalue weighted by Gasteiger charge is -2.05. The number of halogens is 1. The van der Waals surface area contributed by atoms with Crippen LogP contribution in [0.25, 0.3) is 10.2 Å². The molecule has 3 aromatic rings. The predicted octanol–water partition coefficient (Wildman–Crippen LogP) is 3.70. The highest BCUT2D eigenvalue weighted by Crippen LogP contribution is 2.29. The van der Waals surface area contributed by atoms with Crippen molar-refractivity contribution in [3.05, 3.63) is 51.5 Å². The van der Waals surface area contributed by atoms with Gasteiger partial charge in [0, 0.05) is 23.4 Å². The molecule has 0 aliphatic rings. The first-order chi connectivity index (χ1) is 12.5. The number of aromatic nitrogens is 2. The third kappa shape index (κ3) is 4.05. The quantitative estimate of drug-likeness (QED) is 0.601. The van der Waals surface area contributed by atoms with Crippen molar-refractivity contribution in [2.75, 3.05) is 6.54 Å². The number of nitrogens with zero attached hydrogens (tertiary/aromatic N) is 2. The molecular formula is C18H18ClN3O3S. The van der Waals surface area contributed by atoms with E-state index in [1.807, 2.05) is 41.9 Å². The summed E-state index contributed by atoms with van der Waals surface area (Å²) in [6.07, 6.45) is 0.448. The Hall–Kier alpha value is -2.38. The topological polar surface area (TPSA) is 84.2 Å². The lowest BCUT2D eigenvalue weighted by atomic mass is 10.2. The number of hydrogen-bond acceptors (Lipinski definition) is 4. The molecule has 0 fully saturated rings. The fourth-order valence-corrected chi connectivity index (χ4v) is 3.92. The van der Waals surface area contributed by atoms with Crippen molar-refractivity contribution in [3.63, 3.8) is 0 Å². The Balaban J connectivity index is 1.77. The number of benzene rings is 1. The van der Waals surface area contributed by atoms with Gasteiger partial charge in [-0.25, -0.2) is 0 Å². The Bertz CT molecular complexity index is 964. The monoisotopic (exact) mass is 391 g/mol. The first kappa shape index (κ1) is 18.4. The summed E-state index contributed by atoms with van der Waals surface area (Å²) in [5, 5.41) is 17.6. The lowest BCUT2D eigenvalue weighted by Crippen LogP contribution is -2.24. The fourth-order valence-electron chi connectivity index (χ4n) is 2.65. The molecule has 0 saturated heterocycles. The molecule has 6 nitrogen and oxygen atoms in total. The average Bonchev–Trinajstić information content (AvgIpc) is 3.15. The molecule has 8 heteroatoms. The van der Waals surface area contributed by atoms with E-state index in [0.29, 0.717) is 29.4 Å². The number of amides is 1. The van der Waals surface area contributed by atoms with Crippen molar-refractivity contribution in [3.8, 4) is 0 Å². The van der Waals surface area contributed by atoms with Gasteiger partial charge in [0.05, 0.1) is 17.1 Å². The molecule has 0 aliphatic carbocycles. The van der Waals surface area contributed by atoms with Crippen LogP contribution in [-0.2, 0) is 11.3 Å². The minimum Gasteiger partial charge on any atom is -0.481 e. The SMILES string of the molecule is Cc1nn(Cc2ccccc2Cl)c2sc(C(=O)NCCCC(=O)O)cc12. The van der Waals surface area contributed by atoms with Gasteiger partial charge in [-0.1, -0.05) is 29.8 Å². The standard InChI is InChI=1S/C18H18ClN3O3S/c1-11-13-9-15(17(25)20-8-4-7-16(23)24)26-18(13)22(21-11)10-12-5-2-3-6-14(12)19/h2-3,5-6,9H,4,7-8,10H2,1H3,(H,20,25)(H,23,24). The van der Waals surface area contributed by atoms with Crippen LogP contribution >= 0.6 is 22.9 Å². The van der Waals surface area contributed by atoms with Crippen molar-refractivity contribution < 1.29 is 14.7 Å². The maximum absolute atomic E-state index is 12.3. The molecular weight excluding hydrogens is 374 g/mol. The lowest BCUT2D eigenvalue weighted by molar-refractivity contribution is -0.137. The molecule has 0 spiro atoms. The van der Waals surface area contributed by atoms with Crippen LogP contribution in [0.2, 0.25) is 5.02 Å². The maximum atomic E-state index is 12.3. The first-order valence-electron chi connectivity index (χ1n) is 8.16. The number of nitrogens with one attached hydrogen (secondary N) is 1. The van der Waals surface area contributed by atoms with Gasteiger partial charge < -0.3 is 10.4 Å². The molecule has 136 valence electrons. The number of aryl methyl sites for hydroxylation is 1. The largest absolute Gasteiger partial charge is 0.481 e. The molecule has 0 saturated carbocycles. The molecule has 1 aromatic carbocycles. The van der Waals surface area contributed by atoms with E-state index >= 15 is 0 Å². The third-order valence-electron chi connectivity index (χ3n) is 3.96. The van der Waals surface area contributed by atoms with E-state index in [9.17, 15) is 9.59 Å². The number of fused-ring (bicyclic) bond motifs is 1. The van der Waals surface area contributed by atoms with E-state index < -0.39 is 5.97 Å². The van der Waals surface area contributed by atoms with Crippen molar-refractivity contribution in [2.45, 2.75) is 26.3 Å². The van der Waals surface area contributed by atoms with E-state index in [4.69, 9.17) is 16.7 Å².